The lowest BCUT2D eigenvalue weighted by molar-refractivity contribution is 0.128. The molecule has 1 heterocycles. The predicted molar refractivity (Wildman–Crippen MR) is 81.0 cm³/mol. The quantitative estimate of drug-likeness (QED) is 0.746. The van der Waals surface area contributed by atoms with Crippen LogP contribution >= 0.6 is 0 Å². The average Bonchev–Trinajstić information content (AvgIpc) is 2.34. The van der Waals surface area contributed by atoms with Crippen molar-refractivity contribution in [3.8, 4) is 0 Å². The van der Waals surface area contributed by atoms with Crippen LogP contribution < -0.4 is 5.32 Å². The van der Waals surface area contributed by atoms with Crippen LogP contribution in [0.1, 0.15) is 66.7 Å². The van der Waals surface area contributed by atoms with Crippen molar-refractivity contribution in [2.24, 2.45) is 5.92 Å². The highest BCUT2D eigenvalue weighted by Crippen LogP contribution is 2.17. The molecule has 1 saturated heterocycles. The van der Waals surface area contributed by atoms with Crippen LogP contribution in [0.4, 0.5) is 0 Å². The van der Waals surface area contributed by atoms with Crippen LogP contribution in [0.5, 0.6) is 0 Å². The predicted octanol–water partition coefficient (Wildman–Crippen LogP) is 3.66. The van der Waals surface area contributed by atoms with Gasteiger partial charge in [-0.2, -0.15) is 0 Å². The first kappa shape index (κ1) is 16.0. The number of piperidine rings is 1. The summed E-state index contributed by atoms with van der Waals surface area (Å²) in [6, 6.07) is 2.11. The number of hydrogen-bond acceptors (Lipinski definition) is 2. The van der Waals surface area contributed by atoms with E-state index in [-0.39, 0.29) is 0 Å². The fourth-order valence-electron chi connectivity index (χ4n) is 2.97. The van der Waals surface area contributed by atoms with Gasteiger partial charge in [0.05, 0.1) is 0 Å². The molecule has 1 aliphatic heterocycles. The van der Waals surface area contributed by atoms with E-state index < -0.39 is 0 Å². The maximum atomic E-state index is 3.68. The number of rotatable bonds is 7. The van der Waals surface area contributed by atoms with Gasteiger partial charge in [0.15, 0.2) is 0 Å². The van der Waals surface area contributed by atoms with Gasteiger partial charge in [0.1, 0.15) is 0 Å². The summed E-state index contributed by atoms with van der Waals surface area (Å²) in [6.07, 6.45) is 6.82. The van der Waals surface area contributed by atoms with Gasteiger partial charge in [-0.1, -0.05) is 20.3 Å². The van der Waals surface area contributed by atoms with Gasteiger partial charge in [0, 0.05) is 24.7 Å². The lowest BCUT2D eigenvalue weighted by Gasteiger charge is -2.37. The standard InChI is InChI=1S/C16H34N2/c1-13(2)9-10-15(5)18(14(3)4)12-16-8-6-7-11-17-16/h13-17H,6-12H2,1-5H3. The minimum atomic E-state index is 0.663. The van der Waals surface area contributed by atoms with Crippen LogP contribution in [0, 0.1) is 5.92 Å². The Hall–Kier alpha value is -0.0800. The van der Waals surface area contributed by atoms with Gasteiger partial charge in [-0.05, 0) is 58.9 Å². The zero-order chi connectivity index (χ0) is 13.5. The molecule has 18 heavy (non-hydrogen) atoms. The fraction of sp³-hybridized carbons (Fsp3) is 1.00. The van der Waals surface area contributed by atoms with E-state index in [0.29, 0.717) is 6.04 Å². The van der Waals surface area contributed by atoms with Crippen LogP contribution in [0.25, 0.3) is 0 Å². The summed E-state index contributed by atoms with van der Waals surface area (Å²) >= 11 is 0. The summed E-state index contributed by atoms with van der Waals surface area (Å²) in [4.78, 5) is 2.70. The topological polar surface area (TPSA) is 15.3 Å². The SMILES string of the molecule is CC(C)CCC(C)N(CC1CCCCN1)C(C)C. The second-order valence-corrected chi connectivity index (χ2v) is 6.76. The van der Waals surface area contributed by atoms with Crippen LogP contribution in [0.2, 0.25) is 0 Å². The monoisotopic (exact) mass is 254 g/mol. The molecule has 0 aliphatic carbocycles. The molecule has 108 valence electrons. The first-order valence-electron chi connectivity index (χ1n) is 7.99. The van der Waals surface area contributed by atoms with E-state index in [9.17, 15) is 0 Å². The van der Waals surface area contributed by atoms with E-state index in [1.807, 2.05) is 0 Å². The Kier molecular flexibility index (Phi) is 7.25. The maximum absolute atomic E-state index is 3.68. The molecular weight excluding hydrogens is 220 g/mol. The van der Waals surface area contributed by atoms with Crippen molar-refractivity contribution in [2.45, 2.75) is 84.8 Å². The summed E-state index contributed by atoms with van der Waals surface area (Å²) in [5, 5.41) is 3.68. The smallest absolute Gasteiger partial charge is 0.0195 e. The highest BCUT2D eigenvalue weighted by molar-refractivity contribution is 4.80. The van der Waals surface area contributed by atoms with E-state index >= 15 is 0 Å². The molecule has 0 amide bonds. The third-order valence-electron chi connectivity index (χ3n) is 4.23. The van der Waals surface area contributed by atoms with Crippen LogP contribution in [-0.2, 0) is 0 Å². The van der Waals surface area contributed by atoms with Crippen molar-refractivity contribution in [1.29, 1.82) is 0 Å². The number of hydrogen-bond donors (Lipinski definition) is 1. The van der Waals surface area contributed by atoms with Crippen molar-refractivity contribution < 1.29 is 0 Å². The van der Waals surface area contributed by atoms with Crippen molar-refractivity contribution >= 4 is 0 Å². The summed E-state index contributed by atoms with van der Waals surface area (Å²) in [5.74, 6) is 0.828. The van der Waals surface area contributed by atoms with Crippen LogP contribution in [0.3, 0.4) is 0 Å². The van der Waals surface area contributed by atoms with Gasteiger partial charge in [0.25, 0.3) is 0 Å². The van der Waals surface area contributed by atoms with Crippen molar-refractivity contribution in [2.75, 3.05) is 13.1 Å². The minimum Gasteiger partial charge on any atom is -0.313 e. The number of nitrogens with one attached hydrogen (secondary N) is 1. The highest BCUT2D eigenvalue weighted by Gasteiger charge is 2.22. The molecule has 2 unspecified atom stereocenters. The Bertz CT molecular complexity index is 207. The first-order valence-corrected chi connectivity index (χ1v) is 7.99. The van der Waals surface area contributed by atoms with Crippen molar-refractivity contribution in [3.63, 3.8) is 0 Å². The Balaban J connectivity index is 2.42. The Morgan fingerprint density at radius 2 is 1.78 bits per heavy atom. The zero-order valence-electron chi connectivity index (χ0n) is 13.2. The second-order valence-electron chi connectivity index (χ2n) is 6.76. The van der Waals surface area contributed by atoms with E-state index in [2.05, 4.69) is 44.8 Å². The lowest BCUT2D eigenvalue weighted by Crippen LogP contribution is -2.49. The molecule has 0 aromatic carbocycles. The van der Waals surface area contributed by atoms with Gasteiger partial charge in [-0.15, -0.1) is 0 Å². The summed E-state index contributed by atoms with van der Waals surface area (Å²) in [5.41, 5.74) is 0. The second kappa shape index (κ2) is 8.16. The highest BCUT2D eigenvalue weighted by atomic mass is 15.2. The van der Waals surface area contributed by atoms with Gasteiger partial charge >= 0.3 is 0 Å². The Labute approximate surface area is 115 Å². The summed E-state index contributed by atoms with van der Waals surface area (Å²) < 4.78 is 0. The molecule has 2 heteroatoms. The molecule has 1 rings (SSSR count). The van der Waals surface area contributed by atoms with Gasteiger partial charge in [-0.3, -0.25) is 4.90 Å². The van der Waals surface area contributed by atoms with Gasteiger partial charge in [0.2, 0.25) is 0 Å². The first-order chi connectivity index (χ1) is 8.50. The third kappa shape index (κ3) is 5.71. The minimum absolute atomic E-state index is 0.663. The average molecular weight is 254 g/mol. The summed E-state index contributed by atoms with van der Waals surface area (Å²) in [6.45, 7) is 14.2. The third-order valence-corrected chi connectivity index (χ3v) is 4.23. The zero-order valence-corrected chi connectivity index (χ0v) is 13.2. The van der Waals surface area contributed by atoms with Crippen LogP contribution in [0.15, 0.2) is 0 Å². The molecule has 1 aliphatic rings. The molecule has 0 aromatic rings. The Morgan fingerprint density at radius 3 is 2.28 bits per heavy atom. The van der Waals surface area contributed by atoms with Crippen LogP contribution in [-0.4, -0.2) is 36.1 Å². The maximum Gasteiger partial charge on any atom is 0.0195 e. The van der Waals surface area contributed by atoms with Crippen molar-refractivity contribution in [3.05, 3.63) is 0 Å². The van der Waals surface area contributed by atoms with Gasteiger partial charge in [-0.25, -0.2) is 0 Å². The van der Waals surface area contributed by atoms with Gasteiger partial charge < -0.3 is 5.32 Å². The normalized spacial score (nSPS) is 23.0. The van der Waals surface area contributed by atoms with E-state index in [0.717, 1.165) is 18.0 Å². The van der Waals surface area contributed by atoms with E-state index in [1.165, 1.54) is 45.2 Å². The largest absolute Gasteiger partial charge is 0.313 e. The van der Waals surface area contributed by atoms with E-state index in [1.54, 1.807) is 0 Å². The molecule has 0 bridgehead atoms. The molecule has 1 N–H and O–H groups in total. The lowest BCUT2D eigenvalue weighted by atomic mass is 10.00. The fourth-order valence-corrected chi connectivity index (χ4v) is 2.97. The van der Waals surface area contributed by atoms with E-state index in [4.69, 9.17) is 0 Å². The molecule has 0 radical (unpaired) electrons. The number of nitrogens with zero attached hydrogens (tertiary/aromatic N) is 1. The molecule has 0 spiro atoms. The summed E-state index contributed by atoms with van der Waals surface area (Å²) in [7, 11) is 0. The molecule has 0 saturated carbocycles. The molecule has 2 atom stereocenters. The molecule has 2 nitrogen and oxygen atoms in total. The molecule has 1 fully saturated rings. The van der Waals surface area contributed by atoms with Crippen molar-refractivity contribution in [1.82, 2.24) is 10.2 Å². The molecular formula is C16H34N2. The Morgan fingerprint density at radius 1 is 1.06 bits per heavy atom. The molecule has 0 aromatic heterocycles.